The quantitative estimate of drug-likeness (QED) is 0.466. The van der Waals surface area contributed by atoms with Crippen LogP contribution < -0.4 is 0 Å². The summed E-state index contributed by atoms with van der Waals surface area (Å²) in [7, 11) is 0. The SMILES string of the molecule is CCOC(=O)c1cc(C(=O)N2CC[C@@H]3CCCC[C@@H]3C2)cc([N+](=O)[O-])c1. The van der Waals surface area contributed by atoms with E-state index in [0.29, 0.717) is 24.9 Å². The number of piperidine rings is 1. The first kappa shape index (κ1) is 18.4. The normalized spacial score (nSPS) is 22.4. The van der Waals surface area contributed by atoms with Gasteiger partial charge >= 0.3 is 5.97 Å². The molecule has 0 bridgehead atoms. The molecule has 0 aromatic heterocycles. The van der Waals surface area contributed by atoms with E-state index in [2.05, 4.69) is 0 Å². The van der Waals surface area contributed by atoms with E-state index in [1.54, 1.807) is 11.8 Å². The first-order chi connectivity index (χ1) is 12.5. The van der Waals surface area contributed by atoms with Crippen LogP contribution in [0.25, 0.3) is 0 Å². The van der Waals surface area contributed by atoms with E-state index in [9.17, 15) is 19.7 Å². The molecule has 3 rings (SSSR count). The molecule has 0 spiro atoms. The second-order valence-corrected chi connectivity index (χ2v) is 7.09. The summed E-state index contributed by atoms with van der Waals surface area (Å²) in [6.07, 6.45) is 5.82. The summed E-state index contributed by atoms with van der Waals surface area (Å²) in [6.45, 7) is 3.19. The average molecular weight is 360 g/mol. The minimum absolute atomic E-state index is 0.0388. The molecule has 1 aliphatic carbocycles. The van der Waals surface area contributed by atoms with Gasteiger partial charge < -0.3 is 9.64 Å². The number of carbonyl (C=O) groups is 2. The van der Waals surface area contributed by atoms with E-state index >= 15 is 0 Å². The lowest BCUT2D eigenvalue weighted by atomic mass is 9.75. The maximum atomic E-state index is 12.9. The van der Waals surface area contributed by atoms with Crippen molar-refractivity contribution in [2.45, 2.75) is 39.0 Å². The van der Waals surface area contributed by atoms with Crippen molar-refractivity contribution in [3.63, 3.8) is 0 Å². The highest BCUT2D eigenvalue weighted by Gasteiger charge is 2.33. The lowest BCUT2D eigenvalue weighted by molar-refractivity contribution is -0.384. The Morgan fingerprint density at radius 3 is 2.54 bits per heavy atom. The molecular formula is C19H24N2O5. The topological polar surface area (TPSA) is 89.8 Å². The summed E-state index contributed by atoms with van der Waals surface area (Å²) in [5.41, 5.74) is -0.0556. The van der Waals surface area contributed by atoms with Crippen LogP contribution in [-0.2, 0) is 4.74 Å². The summed E-state index contributed by atoms with van der Waals surface area (Å²) >= 11 is 0. The van der Waals surface area contributed by atoms with Crippen LogP contribution in [0.2, 0.25) is 0 Å². The molecule has 2 aliphatic rings. The Hall–Kier alpha value is -2.44. The molecule has 2 fully saturated rings. The van der Waals surface area contributed by atoms with Crippen LogP contribution in [0.5, 0.6) is 0 Å². The van der Waals surface area contributed by atoms with Crippen molar-refractivity contribution in [3.8, 4) is 0 Å². The molecule has 1 aromatic rings. The molecule has 1 saturated heterocycles. The van der Waals surface area contributed by atoms with Crippen molar-refractivity contribution in [3.05, 3.63) is 39.4 Å². The minimum Gasteiger partial charge on any atom is -0.462 e. The smallest absolute Gasteiger partial charge is 0.338 e. The van der Waals surface area contributed by atoms with Gasteiger partial charge in [0.25, 0.3) is 11.6 Å². The van der Waals surface area contributed by atoms with E-state index in [0.717, 1.165) is 18.9 Å². The van der Waals surface area contributed by atoms with Gasteiger partial charge in [0.1, 0.15) is 0 Å². The number of ether oxygens (including phenoxy) is 1. The van der Waals surface area contributed by atoms with Crippen LogP contribution in [-0.4, -0.2) is 41.4 Å². The molecule has 0 radical (unpaired) electrons. The molecule has 0 unspecified atom stereocenters. The molecule has 0 N–H and O–H groups in total. The Labute approximate surface area is 152 Å². The lowest BCUT2D eigenvalue weighted by Gasteiger charge is -2.41. The maximum absolute atomic E-state index is 12.9. The van der Waals surface area contributed by atoms with Crippen LogP contribution in [0.3, 0.4) is 0 Å². The number of non-ortho nitro benzene ring substituents is 1. The lowest BCUT2D eigenvalue weighted by Crippen LogP contribution is -2.44. The summed E-state index contributed by atoms with van der Waals surface area (Å²) < 4.78 is 4.93. The van der Waals surface area contributed by atoms with E-state index in [4.69, 9.17) is 4.74 Å². The third-order valence-corrected chi connectivity index (χ3v) is 5.47. The zero-order valence-corrected chi connectivity index (χ0v) is 15.0. The van der Waals surface area contributed by atoms with Crippen molar-refractivity contribution in [1.29, 1.82) is 0 Å². The summed E-state index contributed by atoms with van der Waals surface area (Å²) in [4.78, 5) is 37.3. The van der Waals surface area contributed by atoms with Crippen molar-refractivity contribution in [1.82, 2.24) is 4.90 Å². The molecule has 1 aliphatic heterocycles. The molecule has 1 amide bonds. The van der Waals surface area contributed by atoms with Crippen LogP contribution in [0.15, 0.2) is 18.2 Å². The second-order valence-electron chi connectivity index (χ2n) is 7.09. The van der Waals surface area contributed by atoms with Gasteiger partial charge in [0, 0.05) is 30.8 Å². The molecular weight excluding hydrogens is 336 g/mol. The molecule has 140 valence electrons. The highest BCUT2D eigenvalue weighted by atomic mass is 16.6. The van der Waals surface area contributed by atoms with E-state index in [-0.39, 0.29) is 29.3 Å². The fourth-order valence-corrected chi connectivity index (χ4v) is 4.14. The van der Waals surface area contributed by atoms with Crippen molar-refractivity contribution >= 4 is 17.6 Å². The predicted molar refractivity (Wildman–Crippen MR) is 95.0 cm³/mol. The molecule has 2 atom stereocenters. The first-order valence-corrected chi connectivity index (χ1v) is 9.25. The van der Waals surface area contributed by atoms with Gasteiger partial charge in [-0.25, -0.2) is 4.79 Å². The monoisotopic (exact) mass is 360 g/mol. The number of rotatable bonds is 4. The largest absolute Gasteiger partial charge is 0.462 e. The van der Waals surface area contributed by atoms with Gasteiger partial charge in [-0.15, -0.1) is 0 Å². The molecule has 7 nitrogen and oxygen atoms in total. The molecule has 1 saturated carbocycles. The van der Waals surface area contributed by atoms with Crippen LogP contribution in [0.1, 0.15) is 59.7 Å². The number of hydrogen-bond donors (Lipinski definition) is 0. The number of hydrogen-bond acceptors (Lipinski definition) is 5. The van der Waals surface area contributed by atoms with E-state index in [1.165, 1.54) is 31.4 Å². The van der Waals surface area contributed by atoms with Crippen LogP contribution in [0, 0.1) is 22.0 Å². The van der Waals surface area contributed by atoms with E-state index < -0.39 is 10.9 Å². The molecule has 7 heteroatoms. The number of fused-ring (bicyclic) bond motifs is 1. The number of carbonyl (C=O) groups excluding carboxylic acids is 2. The fourth-order valence-electron chi connectivity index (χ4n) is 4.14. The highest BCUT2D eigenvalue weighted by molar-refractivity contribution is 5.99. The molecule has 1 heterocycles. The van der Waals surface area contributed by atoms with Crippen molar-refractivity contribution in [2.24, 2.45) is 11.8 Å². The predicted octanol–water partition coefficient (Wildman–Crippen LogP) is 3.42. The Morgan fingerprint density at radius 2 is 1.85 bits per heavy atom. The Morgan fingerprint density at radius 1 is 1.15 bits per heavy atom. The zero-order chi connectivity index (χ0) is 18.7. The maximum Gasteiger partial charge on any atom is 0.338 e. The number of amides is 1. The van der Waals surface area contributed by atoms with Gasteiger partial charge in [0.05, 0.1) is 17.1 Å². The van der Waals surface area contributed by atoms with Crippen LogP contribution in [0.4, 0.5) is 5.69 Å². The summed E-state index contributed by atoms with van der Waals surface area (Å²) in [6, 6.07) is 3.81. The number of likely N-dealkylation sites (tertiary alicyclic amines) is 1. The van der Waals surface area contributed by atoms with Gasteiger partial charge in [-0.1, -0.05) is 19.3 Å². The Kier molecular flexibility index (Phi) is 5.54. The third-order valence-electron chi connectivity index (χ3n) is 5.47. The molecule has 1 aromatic carbocycles. The van der Waals surface area contributed by atoms with Gasteiger partial charge in [-0.2, -0.15) is 0 Å². The number of benzene rings is 1. The van der Waals surface area contributed by atoms with Gasteiger partial charge in [0.2, 0.25) is 0 Å². The van der Waals surface area contributed by atoms with Gasteiger partial charge in [-0.05, 0) is 37.7 Å². The van der Waals surface area contributed by atoms with Gasteiger partial charge in [0.15, 0.2) is 0 Å². The Balaban J connectivity index is 1.83. The third kappa shape index (κ3) is 3.86. The first-order valence-electron chi connectivity index (χ1n) is 9.25. The van der Waals surface area contributed by atoms with Crippen LogP contribution >= 0.6 is 0 Å². The zero-order valence-electron chi connectivity index (χ0n) is 15.0. The van der Waals surface area contributed by atoms with Crippen molar-refractivity contribution in [2.75, 3.05) is 19.7 Å². The number of nitro groups is 1. The number of nitrogens with zero attached hydrogens (tertiary/aromatic N) is 2. The average Bonchev–Trinajstić information content (AvgIpc) is 2.66. The summed E-state index contributed by atoms with van der Waals surface area (Å²) in [5.74, 6) is 0.303. The number of esters is 1. The fraction of sp³-hybridized carbons (Fsp3) is 0.579. The standard InChI is InChI=1S/C19H24N2O5/c1-2-26-19(23)16-9-15(10-17(11-16)21(24)25)18(22)20-8-7-13-5-3-4-6-14(13)12-20/h9-11,13-14H,2-8,12H2,1H3/t13-,14+/m0/s1. The number of nitro benzene ring substituents is 1. The van der Waals surface area contributed by atoms with Crippen molar-refractivity contribution < 1.29 is 19.2 Å². The van der Waals surface area contributed by atoms with Gasteiger partial charge in [-0.3, -0.25) is 14.9 Å². The minimum atomic E-state index is -0.656. The molecule has 26 heavy (non-hydrogen) atoms. The highest BCUT2D eigenvalue weighted by Crippen LogP contribution is 2.36. The summed E-state index contributed by atoms with van der Waals surface area (Å²) in [5, 5.41) is 11.2. The second kappa shape index (κ2) is 7.85. The Bertz CT molecular complexity index is 718. The van der Waals surface area contributed by atoms with E-state index in [1.807, 2.05) is 0 Å².